The van der Waals surface area contributed by atoms with Crippen LogP contribution in [-0.2, 0) is 6.54 Å². The van der Waals surface area contributed by atoms with Crippen LogP contribution in [0.1, 0.15) is 17.4 Å². The molecule has 4 N–H and O–H groups in total. The predicted molar refractivity (Wildman–Crippen MR) is 58.9 cm³/mol. The van der Waals surface area contributed by atoms with Gasteiger partial charge >= 0.3 is 0 Å². The van der Waals surface area contributed by atoms with E-state index in [4.69, 9.17) is 5.73 Å². The first-order chi connectivity index (χ1) is 7.72. The largest absolute Gasteiger partial charge is 0.396 e. The minimum Gasteiger partial charge on any atom is -0.396 e. The summed E-state index contributed by atoms with van der Waals surface area (Å²) in [6.07, 6.45) is 3.02. The lowest BCUT2D eigenvalue weighted by molar-refractivity contribution is 0.101. The molecule has 7 heteroatoms. The van der Waals surface area contributed by atoms with Crippen LogP contribution in [0.4, 0.5) is 11.5 Å². The highest BCUT2D eigenvalue weighted by atomic mass is 16.2. The monoisotopic (exact) mass is 220 g/mol. The summed E-state index contributed by atoms with van der Waals surface area (Å²) in [6, 6.07) is 1.65. The third-order valence-electron chi connectivity index (χ3n) is 2.13. The van der Waals surface area contributed by atoms with E-state index in [1.165, 1.54) is 6.20 Å². The number of carbonyl (C=O) groups excluding carboxylic acids is 1. The number of nitrogen functional groups attached to an aromatic ring is 1. The Morgan fingerprint density at radius 2 is 2.50 bits per heavy atom. The van der Waals surface area contributed by atoms with Gasteiger partial charge in [-0.05, 0) is 6.92 Å². The lowest BCUT2D eigenvalue weighted by atomic mass is 10.3. The molecule has 0 aliphatic carbocycles. The summed E-state index contributed by atoms with van der Waals surface area (Å²) in [4.78, 5) is 11.9. The van der Waals surface area contributed by atoms with Gasteiger partial charge in [-0.25, -0.2) is 0 Å². The van der Waals surface area contributed by atoms with Crippen molar-refractivity contribution in [3.63, 3.8) is 0 Å². The molecule has 0 aliphatic rings. The Labute approximate surface area is 91.6 Å². The van der Waals surface area contributed by atoms with Crippen LogP contribution < -0.4 is 11.1 Å². The summed E-state index contributed by atoms with van der Waals surface area (Å²) in [7, 11) is 0. The Morgan fingerprint density at radius 3 is 3.12 bits per heavy atom. The number of hydrogen-bond acceptors (Lipinski definition) is 4. The predicted octanol–water partition coefficient (Wildman–Crippen LogP) is 0.461. The van der Waals surface area contributed by atoms with E-state index in [1.54, 1.807) is 16.9 Å². The lowest BCUT2D eigenvalue weighted by Gasteiger charge is -2.05. The van der Waals surface area contributed by atoms with Gasteiger partial charge in [0.25, 0.3) is 5.91 Å². The maximum absolute atomic E-state index is 11.9. The van der Waals surface area contributed by atoms with Gasteiger partial charge in [0.05, 0.1) is 18.1 Å². The topological polar surface area (TPSA) is 102 Å². The van der Waals surface area contributed by atoms with E-state index >= 15 is 0 Å². The number of carbonyl (C=O) groups is 1. The molecule has 7 nitrogen and oxygen atoms in total. The van der Waals surface area contributed by atoms with Crippen LogP contribution in [0.25, 0.3) is 0 Å². The molecule has 0 fully saturated rings. The first-order valence-corrected chi connectivity index (χ1v) is 4.84. The van der Waals surface area contributed by atoms with Gasteiger partial charge in [-0.15, -0.1) is 0 Å². The summed E-state index contributed by atoms with van der Waals surface area (Å²) in [5, 5.41) is 13.0. The minimum absolute atomic E-state index is 0.305. The van der Waals surface area contributed by atoms with Crippen LogP contribution >= 0.6 is 0 Å². The Bertz CT molecular complexity index is 486. The molecule has 16 heavy (non-hydrogen) atoms. The first-order valence-electron chi connectivity index (χ1n) is 4.84. The SMILES string of the molecule is CCn1ncc(N)c1C(=O)Nc1ccn[nH]1. The molecule has 2 heterocycles. The van der Waals surface area contributed by atoms with Gasteiger partial charge in [-0.2, -0.15) is 10.2 Å². The summed E-state index contributed by atoms with van der Waals surface area (Å²) in [6.45, 7) is 2.47. The number of H-pyrrole nitrogens is 1. The number of aromatic nitrogens is 4. The Hall–Kier alpha value is -2.31. The van der Waals surface area contributed by atoms with Crippen LogP contribution in [-0.4, -0.2) is 25.9 Å². The Morgan fingerprint density at radius 1 is 1.69 bits per heavy atom. The van der Waals surface area contributed by atoms with E-state index in [1.807, 2.05) is 6.92 Å². The molecule has 0 unspecified atom stereocenters. The van der Waals surface area contributed by atoms with Gasteiger partial charge in [-0.1, -0.05) is 0 Å². The molecule has 0 saturated carbocycles. The average molecular weight is 220 g/mol. The van der Waals surface area contributed by atoms with E-state index in [2.05, 4.69) is 20.6 Å². The van der Waals surface area contributed by atoms with Crippen molar-refractivity contribution < 1.29 is 4.79 Å². The molecule has 2 aromatic rings. The number of aryl methyl sites for hydroxylation is 1. The Kier molecular flexibility index (Phi) is 2.59. The van der Waals surface area contributed by atoms with Crippen LogP contribution in [0.15, 0.2) is 18.5 Å². The number of anilines is 2. The van der Waals surface area contributed by atoms with Crippen molar-refractivity contribution in [2.45, 2.75) is 13.5 Å². The summed E-state index contributed by atoms with van der Waals surface area (Å²) < 4.78 is 1.54. The number of amides is 1. The second kappa shape index (κ2) is 4.05. The molecular formula is C9H12N6O. The molecule has 0 aliphatic heterocycles. The molecule has 0 atom stereocenters. The van der Waals surface area contributed by atoms with Crippen molar-refractivity contribution in [3.05, 3.63) is 24.2 Å². The number of rotatable bonds is 3. The summed E-state index contributed by atoms with van der Waals surface area (Å²) in [5.74, 6) is 0.217. The molecule has 0 bridgehead atoms. The van der Waals surface area contributed by atoms with E-state index in [9.17, 15) is 4.79 Å². The molecule has 1 amide bonds. The third-order valence-corrected chi connectivity index (χ3v) is 2.13. The molecule has 0 saturated heterocycles. The maximum Gasteiger partial charge on any atom is 0.277 e. The second-order valence-electron chi connectivity index (χ2n) is 3.19. The fourth-order valence-electron chi connectivity index (χ4n) is 1.39. The maximum atomic E-state index is 11.9. The number of hydrogen-bond donors (Lipinski definition) is 3. The van der Waals surface area contributed by atoms with Crippen LogP contribution in [0.3, 0.4) is 0 Å². The van der Waals surface area contributed by atoms with Crippen LogP contribution in [0.2, 0.25) is 0 Å². The highest BCUT2D eigenvalue weighted by molar-refractivity contribution is 6.05. The number of aromatic amines is 1. The molecule has 0 spiro atoms. The molecule has 2 rings (SSSR count). The number of nitrogens with two attached hydrogens (primary N) is 1. The number of nitrogens with zero attached hydrogens (tertiary/aromatic N) is 3. The average Bonchev–Trinajstić information content (AvgIpc) is 2.87. The van der Waals surface area contributed by atoms with Crippen molar-refractivity contribution in [2.24, 2.45) is 0 Å². The summed E-state index contributed by atoms with van der Waals surface area (Å²) in [5.41, 5.74) is 6.40. The Balaban J connectivity index is 2.23. The molecular weight excluding hydrogens is 208 g/mol. The summed E-state index contributed by atoms with van der Waals surface area (Å²) >= 11 is 0. The zero-order valence-corrected chi connectivity index (χ0v) is 8.77. The van der Waals surface area contributed by atoms with Crippen molar-refractivity contribution in [2.75, 3.05) is 11.1 Å². The third kappa shape index (κ3) is 1.74. The molecule has 84 valence electrons. The van der Waals surface area contributed by atoms with Gasteiger partial charge in [-0.3, -0.25) is 14.6 Å². The number of nitrogens with one attached hydrogen (secondary N) is 2. The van der Waals surface area contributed by atoms with Crippen molar-refractivity contribution in [1.82, 2.24) is 20.0 Å². The van der Waals surface area contributed by atoms with E-state index in [0.717, 1.165) is 0 Å². The van der Waals surface area contributed by atoms with Gasteiger partial charge < -0.3 is 11.1 Å². The van der Waals surface area contributed by atoms with E-state index in [-0.39, 0.29) is 5.91 Å². The van der Waals surface area contributed by atoms with E-state index < -0.39 is 0 Å². The quantitative estimate of drug-likeness (QED) is 0.699. The zero-order valence-electron chi connectivity index (χ0n) is 8.77. The molecule has 0 aromatic carbocycles. The second-order valence-corrected chi connectivity index (χ2v) is 3.19. The lowest BCUT2D eigenvalue weighted by Crippen LogP contribution is -2.19. The van der Waals surface area contributed by atoms with Crippen molar-refractivity contribution in [3.8, 4) is 0 Å². The molecule has 0 radical (unpaired) electrons. The minimum atomic E-state index is -0.305. The van der Waals surface area contributed by atoms with Crippen molar-refractivity contribution in [1.29, 1.82) is 0 Å². The highest BCUT2D eigenvalue weighted by Gasteiger charge is 2.16. The molecule has 2 aromatic heterocycles. The van der Waals surface area contributed by atoms with Gasteiger partial charge in [0.1, 0.15) is 11.5 Å². The smallest absolute Gasteiger partial charge is 0.277 e. The van der Waals surface area contributed by atoms with Gasteiger partial charge in [0, 0.05) is 12.6 Å². The van der Waals surface area contributed by atoms with Crippen LogP contribution in [0, 0.1) is 0 Å². The zero-order chi connectivity index (χ0) is 11.5. The first kappa shape index (κ1) is 10.2. The van der Waals surface area contributed by atoms with Crippen molar-refractivity contribution >= 4 is 17.4 Å². The fraction of sp³-hybridized carbons (Fsp3) is 0.222. The van der Waals surface area contributed by atoms with Gasteiger partial charge in [0.15, 0.2) is 0 Å². The fourth-order valence-corrected chi connectivity index (χ4v) is 1.39. The standard InChI is InChI=1S/C9H12N6O/c1-2-15-8(6(10)5-12-15)9(16)13-7-3-4-11-14-7/h3-5H,2,10H2,1H3,(H2,11,13,14,16). The van der Waals surface area contributed by atoms with E-state index in [0.29, 0.717) is 23.7 Å². The normalized spacial score (nSPS) is 10.3. The van der Waals surface area contributed by atoms with Gasteiger partial charge in [0.2, 0.25) is 0 Å². The van der Waals surface area contributed by atoms with Crippen LogP contribution in [0.5, 0.6) is 0 Å². The highest BCUT2D eigenvalue weighted by Crippen LogP contribution is 2.12.